The molecule has 46 heavy (non-hydrogen) atoms. The second-order valence-electron chi connectivity index (χ2n) is 13.7. The zero-order valence-electron chi connectivity index (χ0n) is 30.8. The van der Waals surface area contributed by atoms with Gasteiger partial charge in [-0.2, -0.15) is 0 Å². The number of carbonyl (C=O) groups is 1. The molecule has 0 heterocycles. The maximum atomic E-state index is 11.9. The smallest absolute Gasteiger partial charge is 0.504 e. The van der Waals surface area contributed by atoms with Crippen molar-refractivity contribution in [1.29, 1.82) is 0 Å². The van der Waals surface area contributed by atoms with Crippen LogP contribution in [-0.4, -0.2) is 23.0 Å². The first-order chi connectivity index (χ1) is 22.5. The van der Waals surface area contributed by atoms with Gasteiger partial charge in [0.15, 0.2) is 11.5 Å². The Bertz CT molecular complexity index is 880. The third kappa shape index (κ3) is 19.0. The Morgan fingerprint density at radius 2 is 0.804 bits per heavy atom. The summed E-state index contributed by atoms with van der Waals surface area (Å²) in [5.74, 6) is 0.513. The van der Waals surface area contributed by atoms with Crippen molar-refractivity contribution in [2.45, 2.75) is 214 Å². The number of unbranched alkanes of at least 4 members (excludes halogenated alkanes) is 22. The van der Waals surface area contributed by atoms with Gasteiger partial charge >= 0.3 is 6.16 Å². The zero-order valence-corrected chi connectivity index (χ0v) is 30.8. The number of phenolic OH excluding ortho intramolecular Hbond substituents is 1. The van der Waals surface area contributed by atoms with E-state index >= 15 is 0 Å². The van der Waals surface area contributed by atoms with Crippen LogP contribution in [0.25, 0.3) is 0 Å². The fourth-order valence-corrected chi connectivity index (χ4v) is 6.67. The van der Waals surface area contributed by atoms with Crippen molar-refractivity contribution in [3.05, 3.63) is 16.7 Å². The fourth-order valence-electron chi connectivity index (χ4n) is 6.67. The summed E-state index contributed by atoms with van der Waals surface area (Å²) < 4.78 is 11.8. The Morgan fingerprint density at radius 3 is 1.22 bits per heavy atom. The topological polar surface area (TPSA) is 76.0 Å². The molecule has 0 saturated carbocycles. The van der Waals surface area contributed by atoms with E-state index in [-0.39, 0.29) is 11.5 Å². The largest absolute Gasteiger partial charge is 0.511 e. The lowest BCUT2D eigenvalue weighted by atomic mass is 9.88. The molecule has 0 atom stereocenters. The van der Waals surface area contributed by atoms with E-state index in [1.54, 1.807) is 0 Å². The molecule has 1 rings (SSSR count). The monoisotopic (exact) mass is 647 g/mol. The van der Waals surface area contributed by atoms with Crippen LogP contribution in [0.2, 0.25) is 0 Å². The number of phenols is 1. The van der Waals surface area contributed by atoms with Crippen molar-refractivity contribution in [3.63, 3.8) is 0 Å². The standard InChI is InChI=1S/C41H74O5/c1-5-9-13-17-21-22-26-30-34-45-39-37(33-29-25-20-16-12-8-4)35(31-27-23-18-14-10-6-2)36(32-28-24-19-15-11-7-3)38(42)40(39)46-41(43)44/h42H,5-34H2,1-4H3,(H,43,44). The van der Waals surface area contributed by atoms with Crippen molar-refractivity contribution in [2.24, 2.45) is 0 Å². The molecular weight excluding hydrogens is 572 g/mol. The number of aromatic hydroxyl groups is 1. The van der Waals surface area contributed by atoms with Crippen LogP contribution in [0.3, 0.4) is 0 Å². The number of carboxylic acid groups (broad SMARTS) is 1. The highest BCUT2D eigenvalue weighted by molar-refractivity contribution is 5.70. The van der Waals surface area contributed by atoms with Gasteiger partial charge in [-0.15, -0.1) is 0 Å². The summed E-state index contributed by atoms with van der Waals surface area (Å²) in [6.07, 6.45) is 32.2. The number of benzene rings is 1. The van der Waals surface area contributed by atoms with E-state index in [1.165, 1.54) is 128 Å². The highest BCUT2D eigenvalue weighted by Crippen LogP contribution is 2.47. The predicted octanol–water partition coefficient (Wildman–Crippen LogP) is 13.7. The van der Waals surface area contributed by atoms with Crippen LogP contribution in [-0.2, 0) is 19.3 Å². The molecule has 5 nitrogen and oxygen atoms in total. The Labute approximate surface area is 284 Å². The molecule has 0 saturated heterocycles. The fraction of sp³-hybridized carbons (Fsp3) is 0.829. The van der Waals surface area contributed by atoms with Crippen molar-refractivity contribution in [2.75, 3.05) is 6.61 Å². The molecular formula is C41H74O5. The number of ether oxygens (including phenoxy) is 2. The van der Waals surface area contributed by atoms with Crippen molar-refractivity contribution >= 4 is 6.16 Å². The first-order valence-corrected chi connectivity index (χ1v) is 19.9. The van der Waals surface area contributed by atoms with Crippen LogP contribution >= 0.6 is 0 Å². The van der Waals surface area contributed by atoms with Gasteiger partial charge < -0.3 is 19.7 Å². The third-order valence-electron chi connectivity index (χ3n) is 9.48. The summed E-state index contributed by atoms with van der Waals surface area (Å²) in [6.45, 7) is 9.50. The summed E-state index contributed by atoms with van der Waals surface area (Å²) in [4.78, 5) is 11.9. The molecule has 1 aromatic carbocycles. The van der Waals surface area contributed by atoms with Crippen LogP contribution < -0.4 is 9.47 Å². The predicted molar refractivity (Wildman–Crippen MR) is 196 cm³/mol. The van der Waals surface area contributed by atoms with E-state index in [1.807, 2.05) is 0 Å². The summed E-state index contributed by atoms with van der Waals surface area (Å²) in [5.41, 5.74) is 3.21. The molecule has 0 fully saturated rings. The first kappa shape index (κ1) is 42.1. The van der Waals surface area contributed by atoms with E-state index in [0.717, 1.165) is 75.3 Å². The van der Waals surface area contributed by atoms with Gasteiger partial charge in [0.05, 0.1) is 6.61 Å². The number of hydrogen-bond acceptors (Lipinski definition) is 4. The summed E-state index contributed by atoms with van der Waals surface area (Å²) >= 11 is 0. The van der Waals surface area contributed by atoms with E-state index in [0.29, 0.717) is 12.4 Å². The lowest BCUT2D eigenvalue weighted by Crippen LogP contribution is -2.12. The normalized spacial score (nSPS) is 11.3. The average Bonchev–Trinajstić information content (AvgIpc) is 3.04. The van der Waals surface area contributed by atoms with Gasteiger partial charge in [-0.3, -0.25) is 0 Å². The highest BCUT2D eigenvalue weighted by Gasteiger charge is 2.27. The first-order valence-electron chi connectivity index (χ1n) is 19.9. The van der Waals surface area contributed by atoms with Crippen molar-refractivity contribution < 1.29 is 24.5 Å². The molecule has 0 aromatic heterocycles. The number of hydrogen-bond donors (Lipinski definition) is 2. The highest BCUT2D eigenvalue weighted by atomic mass is 16.7. The van der Waals surface area contributed by atoms with E-state index in [9.17, 15) is 15.0 Å². The van der Waals surface area contributed by atoms with Crippen LogP contribution in [0.1, 0.15) is 211 Å². The minimum atomic E-state index is -1.40. The zero-order chi connectivity index (χ0) is 33.7. The molecule has 0 bridgehead atoms. The second-order valence-corrected chi connectivity index (χ2v) is 13.7. The van der Waals surface area contributed by atoms with E-state index < -0.39 is 6.16 Å². The number of rotatable bonds is 32. The third-order valence-corrected chi connectivity index (χ3v) is 9.48. The minimum absolute atomic E-state index is 0.00504. The molecule has 0 amide bonds. The van der Waals surface area contributed by atoms with E-state index in [4.69, 9.17) is 9.47 Å². The Morgan fingerprint density at radius 1 is 0.457 bits per heavy atom. The summed E-state index contributed by atoms with van der Waals surface area (Å²) in [7, 11) is 0. The molecule has 0 aliphatic carbocycles. The Hall–Kier alpha value is -1.91. The molecule has 0 aliphatic rings. The van der Waals surface area contributed by atoms with Gasteiger partial charge in [-0.1, -0.05) is 169 Å². The molecule has 0 spiro atoms. The summed E-state index contributed by atoms with van der Waals surface area (Å²) in [5, 5.41) is 21.4. The lowest BCUT2D eigenvalue weighted by molar-refractivity contribution is 0.140. The Kier molecular flexibility index (Phi) is 26.8. The van der Waals surface area contributed by atoms with Crippen molar-refractivity contribution in [3.8, 4) is 17.2 Å². The van der Waals surface area contributed by atoms with Gasteiger partial charge in [-0.05, 0) is 50.5 Å². The van der Waals surface area contributed by atoms with Gasteiger partial charge in [0.1, 0.15) is 0 Å². The van der Waals surface area contributed by atoms with Crippen LogP contribution in [0.5, 0.6) is 17.2 Å². The molecule has 0 unspecified atom stereocenters. The summed E-state index contributed by atoms with van der Waals surface area (Å²) in [6, 6.07) is 0. The van der Waals surface area contributed by atoms with Gasteiger partial charge in [0.2, 0.25) is 5.75 Å². The minimum Gasteiger partial charge on any atom is -0.504 e. The maximum Gasteiger partial charge on any atom is 0.511 e. The molecule has 2 N–H and O–H groups in total. The maximum absolute atomic E-state index is 11.9. The average molecular weight is 647 g/mol. The molecule has 0 radical (unpaired) electrons. The molecule has 5 heteroatoms. The van der Waals surface area contributed by atoms with Crippen LogP contribution in [0.4, 0.5) is 4.79 Å². The van der Waals surface area contributed by atoms with Gasteiger partial charge in [0.25, 0.3) is 0 Å². The molecule has 1 aromatic rings. The second kappa shape index (κ2) is 29.2. The van der Waals surface area contributed by atoms with E-state index in [2.05, 4.69) is 27.7 Å². The van der Waals surface area contributed by atoms with Crippen LogP contribution in [0.15, 0.2) is 0 Å². The van der Waals surface area contributed by atoms with Gasteiger partial charge in [-0.25, -0.2) is 4.79 Å². The van der Waals surface area contributed by atoms with Crippen molar-refractivity contribution in [1.82, 2.24) is 0 Å². The quantitative estimate of drug-likeness (QED) is 0.0463. The Balaban J connectivity index is 3.31. The van der Waals surface area contributed by atoms with Gasteiger partial charge in [0, 0.05) is 11.1 Å². The van der Waals surface area contributed by atoms with Crippen LogP contribution in [0, 0.1) is 0 Å². The molecule has 268 valence electrons. The SMILES string of the molecule is CCCCCCCCCCOc1c(CCCCCCCC)c(CCCCCCCC)c(CCCCCCCC)c(O)c1OC(=O)O. The molecule has 0 aliphatic heterocycles. The lowest BCUT2D eigenvalue weighted by Gasteiger charge is -2.24.